The molecule has 0 radical (unpaired) electrons. The molecule has 0 amide bonds. The van der Waals surface area contributed by atoms with Gasteiger partial charge in [-0.05, 0) is 77.4 Å². The van der Waals surface area contributed by atoms with Gasteiger partial charge >= 0.3 is 0 Å². The summed E-state index contributed by atoms with van der Waals surface area (Å²) >= 11 is 0. The Hall–Kier alpha value is -7.50. The van der Waals surface area contributed by atoms with E-state index >= 15 is 0 Å². The van der Waals surface area contributed by atoms with Crippen molar-refractivity contribution in [3.05, 3.63) is 217 Å². The first-order valence-electron chi connectivity index (χ1n) is 19.0. The van der Waals surface area contributed by atoms with Gasteiger partial charge in [-0.1, -0.05) is 140 Å². The van der Waals surface area contributed by atoms with Crippen molar-refractivity contribution in [3.8, 4) is 22.5 Å². The minimum Gasteiger partial charge on any atom is -0.344 e. The molecule has 1 N–H and O–H groups in total. The third-order valence-corrected chi connectivity index (χ3v) is 11.0. The summed E-state index contributed by atoms with van der Waals surface area (Å²) in [6, 6.07) is 70.9. The maximum Gasteiger partial charge on any atom is 0.159 e. The summed E-state index contributed by atoms with van der Waals surface area (Å²) in [6.45, 7) is 0. The van der Waals surface area contributed by atoms with Gasteiger partial charge < -0.3 is 14.5 Å². The summed E-state index contributed by atoms with van der Waals surface area (Å²) in [5, 5.41) is 8.58. The first-order chi connectivity index (χ1) is 27.8. The van der Waals surface area contributed by atoms with Crippen LogP contribution in [0.3, 0.4) is 0 Å². The molecule has 8 aromatic carbocycles. The Morgan fingerprint density at radius 1 is 0.375 bits per heavy atom. The first kappa shape index (κ1) is 32.0. The van der Waals surface area contributed by atoms with Crippen LogP contribution in [0.1, 0.15) is 22.9 Å². The molecule has 56 heavy (non-hydrogen) atoms. The molecule has 1 atom stereocenters. The van der Waals surface area contributed by atoms with Crippen LogP contribution in [-0.2, 0) is 0 Å². The van der Waals surface area contributed by atoms with Gasteiger partial charge in [0, 0.05) is 44.0 Å². The van der Waals surface area contributed by atoms with Gasteiger partial charge in [0.1, 0.15) is 12.0 Å². The number of nitrogens with zero attached hydrogens (tertiary/aromatic N) is 4. The number of aromatic nitrogens is 2. The summed E-state index contributed by atoms with van der Waals surface area (Å²) in [4.78, 5) is 10.3. The highest BCUT2D eigenvalue weighted by molar-refractivity contribution is 6.16. The van der Waals surface area contributed by atoms with Crippen molar-refractivity contribution >= 4 is 55.3 Å². The predicted molar refractivity (Wildman–Crippen MR) is 232 cm³/mol. The molecule has 0 bridgehead atoms. The smallest absolute Gasteiger partial charge is 0.159 e. The maximum absolute atomic E-state index is 5.19. The Kier molecular flexibility index (Phi) is 7.49. The van der Waals surface area contributed by atoms with Gasteiger partial charge in [0.25, 0.3) is 0 Å². The topological polar surface area (TPSA) is 46.6 Å². The molecule has 10 aromatic rings. The Morgan fingerprint density at radius 3 is 1.43 bits per heavy atom. The van der Waals surface area contributed by atoms with E-state index in [0.29, 0.717) is 5.84 Å². The second-order valence-electron chi connectivity index (χ2n) is 14.3. The maximum atomic E-state index is 5.19. The van der Waals surface area contributed by atoms with E-state index < -0.39 is 0 Å². The highest BCUT2D eigenvalue weighted by atomic mass is 15.2. The molecular weight excluding hydrogens is 683 g/mol. The zero-order valence-electron chi connectivity index (χ0n) is 30.4. The Labute approximate surface area is 324 Å². The fourth-order valence-corrected chi connectivity index (χ4v) is 8.32. The Bertz CT molecular complexity index is 3080. The van der Waals surface area contributed by atoms with Crippen molar-refractivity contribution in [1.29, 1.82) is 0 Å². The molecule has 0 saturated heterocycles. The number of nitrogens with one attached hydrogen (secondary N) is 1. The van der Waals surface area contributed by atoms with Crippen molar-refractivity contribution < 1.29 is 0 Å². The largest absolute Gasteiger partial charge is 0.344 e. The summed E-state index contributed by atoms with van der Waals surface area (Å²) in [5.41, 5.74) is 12.4. The van der Waals surface area contributed by atoms with Crippen LogP contribution in [0.15, 0.2) is 210 Å². The van der Waals surface area contributed by atoms with Gasteiger partial charge in [-0.25, -0.2) is 9.98 Å². The first-order valence-corrected chi connectivity index (χ1v) is 19.0. The lowest BCUT2D eigenvalue weighted by Crippen LogP contribution is -2.33. The minimum atomic E-state index is -0.284. The van der Waals surface area contributed by atoms with Crippen LogP contribution in [0.2, 0.25) is 0 Å². The van der Waals surface area contributed by atoms with Crippen LogP contribution in [0.5, 0.6) is 0 Å². The van der Waals surface area contributed by atoms with Gasteiger partial charge in [-0.15, -0.1) is 0 Å². The molecule has 2 aromatic heterocycles. The van der Waals surface area contributed by atoms with Crippen molar-refractivity contribution in [1.82, 2.24) is 14.5 Å². The Balaban J connectivity index is 0.953. The molecule has 11 rings (SSSR count). The average Bonchev–Trinajstić information content (AvgIpc) is 3.80. The van der Waals surface area contributed by atoms with E-state index in [2.05, 4.69) is 209 Å². The molecule has 1 unspecified atom stereocenters. The number of benzene rings is 8. The monoisotopic (exact) mass is 717 g/mol. The van der Waals surface area contributed by atoms with Gasteiger partial charge in [-0.3, -0.25) is 0 Å². The average molecular weight is 718 g/mol. The van der Waals surface area contributed by atoms with Crippen LogP contribution < -0.4 is 5.32 Å². The summed E-state index contributed by atoms with van der Waals surface area (Å²) in [6.07, 6.45) is -0.284. The van der Waals surface area contributed by atoms with Crippen molar-refractivity contribution in [2.24, 2.45) is 9.98 Å². The van der Waals surface area contributed by atoms with Gasteiger partial charge in [0.05, 0.1) is 22.1 Å². The zero-order valence-corrected chi connectivity index (χ0v) is 30.4. The lowest BCUT2D eigenvalue weighted by atomic mass is 10.0. The molecule has 1 aliphatic rings. The molecule has 5 nitrogen and oxygen atoms in total. The van der Waals surface area contributed by atoms with E-state index in [1.807, 2.05) is 6.07 Å². The van der Waals surface area contributed by atoms with Crippen molar-refractivity contribution in [2.75, 3.05) is 0 Å². The molecular formula is C51H35N5. The van der Waals surface area contributed by atoms with Gasteiger partial charge in [0.2, 0.25) is 0 Å². The van der Waals surface area contributed by atoms with Crippen molar-refractivity contribution in [3.63, 3.8) is 0 Å². The normalized spacial score (nSPS) is 14.2. The fourth-order valence-electron chi connectivity index (χ4n) is 8.32. The highest BCUT2D eigenvalue weighted by Crippen LogP contribution is 2.35. The van der Waals surface area contributed by atoms with Crippen LogP contribution in [0.4, 0.5) is 0 Å². The lowest BCUT2D eigenvalue weighted by Gasteiger charge is -2.24. The summed E-state index contributed by atoms with van der Waals surface area (Å²) in [5.74, 6) is 1.50. The number of aliphatic imine (C=N–C) groups is 2. The van der Waals surface area contributed by atoms with E-state index in [4.69, 9.17) is 9.98 Å². The van der Waals surface area contributed by atoms with E-state index in [9.17, 15) is 0 Å². The van der Waals surface area contributed by atoms with Gasteiger partial charge in [0.15, 0.2) is 5.84 Å². The van der Waals surface area contributed by atoms with Crippen LogP contribution in [-0.4, -0.2) is 20.8 Å². The number of amidine groups is 2. The molecule has 0 spiro atoms. The predicted octanol–water partition coefficient (Wildman–Crippen LogP) is 12.0. The SMILES string of the molecule is c1ccc(C2N=C(c3ccc(-c4ccc(-n5c6ccccc6c6ccccc65)cc4)cc3)N=C(c3ccc4c(c3)c3ccccc3n4-c3ccccc3)N2)cc1. The molecule has 0 fully saturated rings. The second kappa shape index (κ2) is 13.1. The zero-order chi connectivity index (χ0) is 37.0. The number of hydrogen-bond donors (Lipinski definition) is 1. The molecule has 0 saturated carbocycles. The van der Waals surface area contributed by atoms with Gasteiger partial charge in [-0.2, -0.15) is 0 Å². The molecule has 1 aliphatic heterocycles. The number of hydrogen-bond acceptors (Lipinski definition) is 3. The third-order valence-electron chi connectivity index (χ3n) is 11.0. The standard InChI is InChI=1S/C51H35N5/c1-3-13-36(14-4-1)49-52-50(54-51(53-49)38-29-32-48-44(33-38)43-19-9-12-22-47(43)55(48)39-15-5-2-6-16-39)37-25-23-34(24-26-37)35-27-30-40(31-28-35)56-45-20-10-7-17-41(45)42-18-8-11-21-46(42)56/h1-33,49H,(H,52,53,54). The van der Waals surface area contributed by atoms with E-state index in [1.54, 1.807) is 0 Å². The Morgan fingerprint density at radius 2 is 0.821 bits per heavy atom. The highest BCUT2D eigenvalue weighted by Gasteiger charge is 2.22. The van der Waals surface area contributed by atoms with Crippen LogP contribution in [0.25, 0.3) is 66.1 Å². The van der Waals surface area contributed by atoms with Crippen LogP contribution in [0, 0.1) is 0 Å². The summed E-state index contributed by atoms with van der Waals surface area (Å²) < 4.78 is 4.69. The van der Waals surface area contributed by atoms with E-state index in [0.717, 1.165) is 50.5 Å². The number of fused-ring (bicyclic) bond motifs is 6. The quantitative estimate of drug-likeness (QED) is 0.183. The lowest BCUT2D eigenvalue weighted by molar-refractivity contribution is 0.674. The number of para-hydroxylation sites is 4. The minimum absolute atomic E-state index is 0.284. The molecule has 0 aliphatic carbocycles. The van der Waals surface area contributed by atoms with Crippen molar-refractivity contribution in [2.45, 2.75) is 6.17 Å². The summed E-state index contributed by atoms with van der Waals surface area (Å²) in [7, 11) is 0. The van der Waals surface area contributed by atoms with E-state index in [-0.39, 0.29) is 6.17 Å². The molecule has 264 valence electrons. The number of rotatable bonds is 6. The van der Waals surface area contributed by atoms with Crippen LogP contribution >= 0.6 is 0 Å². The molecule has 5 heteroatoms. The second-order valence-corrected chi connectivity index (χ2v) is 14.3. The third kappa shape index (κ3) is 5.32. The van der Waals surface area contributed by atoms with E-state index in [1.165, 1.54) is 38.1 Å². The molecule has 3 heterocycles. The fraction of sp³-hybridized carbons (Fsp3) is 0.0196.